The van der Waals surface area contributed by atoms with Gasteiger partial charge in [-0.25, -0.2) is 0 Å². The number of nitrogens with one attached hydrogen (secondary N) is 2. The molecule has 0 spiro atoms. The summed E-state index contributed by atoms with van der Waals surface area (Å²) in [5.41, 5.74) is 0. The molecule has 0 saturated heterocycles. The summed E-state index contributed by atoms with van der Waals surface area (Å²) < 4.78 is 1.89. The van der Waals surface area contributed by atoms with Gasteiger partial charge in [0.15, 0.2) is 0 Å². The number of nitriles is 1. The molecule has 0 atom stereocenters. The van der Waals surface area contributed by atoms with Crippen LogP contribution >= 0.6 is 0 Å². The first-order valence-corrected chi connectivity index (χ1v) is 4.99. The highest BCUT2D eigenvalue weighted by atomic mass is 16.1. The van der Waals surface area contributed by atoms with Gasteiger partial charge in [-0.2, -0.15) is 5.26 Å². The van der Waals surface area contributed by atoms with Crippen LogP contribution in [0.15, 0.2) is 6.33 Å². The molecule has 0 saturated carbocycles. The summed E-state index contributed by atoms with van der Waals surface area (Å²) in [5.74, 6) is 0.583. The van der Waals surface area contributed by atoms with Gasteiger partial charge >= 0.3 is 0 Å². The van der Waals surface area contributed by atoms with Gasteiger partial charge in [-0.15, -0.1) is 10.2 Å². The molecule has 7 heteroatoms. The zero-order valence-electron chi connectivity index (χ0n) is 9.10. The number of hydrogen-bond donors (Lipinski definition) is 2. The quantitative estimate of drug-likeness (QED) is 0.604. The van der Waals surface area contributed by atoms with Crippen LogP contribution < -0.4 is 10.6 Å². The first-order valence-electron chi connectivity index (χ1n) is 4.99. The van der Waals surface area contributed by atoms with Gasteiger partial charge in [0, 0.05) is 6.54 Å². The minimum Gasteiger partial charge on any atom is -0.342 e. The van der Waals surface area contributed by atoms with Crippen molar-refractivity contribution >= 4 is 5.91 Å². The molecule has 0 unspecified atom stereocenters. The van der Waals surface area contributed by atoms with E-state index in [1.807, 2.05) is 17.6 Å². The van der Waals surface area contributed by atoms with Gasteiger partial charge in [0.1, 0.15) is 18.7 Å². The van der Waals surface area contributed by atoms with E-state index in [2.05, 4.69) is 20.8 Å². The number of rotatable bonds is 6. The van der Waals surface area contributed by atoms with Crippen molar-refractivity contribution in [1.82, 2.24) is 25.4 Å². The van der Waals surface area contributed by atoms with Gasteiger partial charge < -0.3 is 15.2 Å². The minimum absolute atomic E-state index is 0.0334. The van der Waals surface area contributed by atoms with Gasteiger partial charge in [0.05, 0.1) is 19.2 Å². The number of amides is 1. The second-order valence-corrected chi connectivity index (χ2v) is 3.07. The van der Waals surface area contributed by atoms with Crippen LogP contribution in [0.5, 0.6) is 0 Å². The Hall–Kier alpha value is -1.94. The Morgan fingerprint density at radius 3 is 3.19 bits per heavy atom. The lowest BCUT2D eigenvalue weighted by Gasteiger charge is -2.05. The summed E-state index contributed by atoms with van der Waals surface area (Å²) in [6.07, 6.45) is 1.65. The molecule has 1 amide bonds. The number of carbonyl (C=O) groups is 1. The second-order valence-electron chi connectivity index (χ2n) is 3.07. The maximum absolute atomic E-state index is 11.1. The first kappa shape index (κ1) is 12.1. The lowest BCUT2D eigenvalue weighted by molar-refractivity contribution is -0.120. The van der Waals surface area contributed by atoms with Crippen LogP contribution in [-0.4, -0.2) is 33.8 Å². The van der Waals surface area contributed by atoms with Crippen molar-refractivity contribution in [3.8, 4) is 6.07 Å². The van der Waals surface area contributed by atoms with Crippen LogP contribution in [-0.2, 0) is 17.9 Å². The standard InChI is InChI=1S/C9H14N6O/c1-2-15-7-13-14-8(15)5-11-6-9(16)12-4-3-10/h7,11H,2,4-6H2,1H3,(H,12,16). The van der Waals surface area contributed by atoms with Crippen molar-refractivity contribution < 1.29 is 4.79 Å². The highest BCUT2D eigenvalue weighted by Crippen LogP contribution is 1.93. The third-order valence-electron chi connectivity index (χ3n) is 1.97. The summed E-state index contributed by atoms with van der Waals surface area (Å²) in [6, 6.07) is 1.83. The molecule has 0 fully saturated rings. The zero-order valence-corrected chi connectivity index (χ0v) is 9.10. The van der Waals surface area contributed by atoms with Crippen molar-refractivity contribution in [1.29, 1.82) is 5.26 Å². The molecule has 7 nitrogen and oxygen atoms in total. The van der Waals surface area contributed by atoms with Crippen LogP contribution in [0.4, 0.5) is 0 Å². The molecule has 0 aliphatic heterocycles. The van der Waals surface area contributed by atoms with E-state index in [4.69, 9.17) is 5.26 Å². The predicted molar refractivity (Wildman–Crippen MR) is 56.0 cm³/mol. The molecule has 0 aromatic carbocycles. The number of hydrogen-bond acceptors (Lipinski definition) is 5. The number of nitrogens with zero attached hydrogens (tertiary/aromatic N) is 4. The molecular formula is C9H14N6O. The Labute approximate surface area is 93.5 Å². The zero-order chi connectivity index (χ0) is 11.8. The summed E-state index contributed by atoms with van der Waals surface area (Å²) in [7, 11) is 0. The minimum atomic E-state index is -0.205. The van der Waals surface area contributed by atoms with Gasteiger partial charge in [-0.05, 0) is 6.92 Å². The van der Waals surface area contributed by atoms with Crippen molar-refractivity contribution in [2.45, 2.75) is 20.0 Å². The van der Waals surface area contributed by atoms with Crippen LogP contribution in [0, 0.1) is 11.3 Å². The summed E-state index contributed by atoms with van der Waals surface area (Å²) in [5, 5.41) is 21.3. The SMILES string of the molecule is CCn1cnnc1CNCC(=O)NCC#N. The average molecular weight is 222 g/mol. The van der Waals surface area contributed by atoms with E-state index in [0.29, 0.717) is 6.54 Å². The van der Waals surface area contributed by atoms with Crippen molar-refractivity contribution in [3.05, 3.63) is 12.2 Å². The molecule has 1 rings (SSSR count). The smallest absolute Gasteiger partial charge is 0.234 e. The molecule has 1 aromatic heterocycles. The molecule has 1 aromatic rings. The highest BCUT2D eigenvalue weighted by molar-refractivity contribution is 5.78. The largest absolute Gasteiger partial charge is 0.342 e. The van der Waals surface area contributed by atoms with E-state index in [9.17, 15) is 4.79 Å². The Morgan fingerprint density at radius 1 is 1.69 bits per heavy atom. The van der Waals surface area contributed by atoms with Crippen molar-refractivity contribution in [3.63, 3.8) is 0 Å². The maximum Gasteiger partial charge on any atom is 0.234 e. The third-order valence-corrected chi connectivity index (χ3v) is 1.97. The molecule has 0 aliphatic rings. The number of carbonyl (C=O) groups excluding carboxylic acids is 1. The van der Waals surface area contributed by atoms with Crippen molar-refractivity contribution in [2.24, 2.45) is 0 Å². The topological polar surface area (TPSA) is 95.6 Å². The molecule has 2 N–H and O–H groups in total. The lowest BCUT2D eigenvalue weighted by Crippen LogP contribution is -2.34. The van der Waals surface area contributed by atoms with E-state index < -0.39 is 0 Å². The molecule has 1 heterocycles. The van der Waals surface area contributed by atoms with Gasteiger partial charge in [-0.3, -0.25) is 4.79 Å². The van der Waals surface area contributed by atoms with Gasteiger partial charge in [0.25, 0.3) is 0 Å². The lowest BCUT2D eigenvalue weighted by atomic mass is 10.5. The average Bonchev–Trinajstić information content (AvgIpc) is 2.74. The first-order chi connectivity index (χ1) is 7.77. The van der Waals surface area contributed by atoms with Crippen LogP contribution in [0.25, 0.3) is 0 Å². The van der Waals surface area contributed by atoms with Crippen LogP contribution in [0.1, 0.15) is 12.7 Å². The highest BCUT2D eigenvalue weighted by Gasteiger charge is 2.03. The number of aromatic nitrogens is 3. The van der Waals surface area contributed by atoms with E-state index in [1.165, 1.54) is 0 Å². The maximum atomic E-state index is 11.1. The van der Waals surface area contributed by atoms with E-state index in [1.54, 1.807) is 6.33 Å². The van der Waals surface area contributed by atoms with Crippen LogP contribution in [0.2, 0.25) is 0 Å². The molecule has 0 radical (unpaired) electrons. The predicted octanol–water partition coefficient (Wildman–Crippen LogP) is -0.973. The Bertz CT molecular complexity index is 380. The van der Waals surface area contributed by atoms with Crippen molar-refractivity contribution in [2.75, 3.05) is 13.1 Å². The summed E-state index contributed by atoms with van der Waals surface area (Å²) >= 11 is 0. The molecule has 0 aliphatic carbocycles. The second kappa shape index (κ2) is 6.53. The van der Waals surface area contributed by atoms with Gasteiger partial charge in [0.2, 0.25) is 5.91 Å². The Kier molecular flexibility index (Phi) is 4.95. The fourth-order valence-corrected chi connectivity index (χ4v) is 1.17. The monoisotopic (exact) mass is 222 g/mol. The summed E-state index contributed by atoms with van der Waals surface area (Å²) in [6.45, 7) is 3.47. The normalized spacial score (nSPS) is 9.75. The Morgan fingerprint density at radius 2 is 2.50 bits per heavy atom. The Balaban J connectivity index is 2.25. The van der Waals surface area contributed by atoms with E-state index >= 15 is 0 Å². The van der Waals surface area contributed by atoms with Crippen LogP contribution in [0.3, 0.4) is 0 Å². The molecular weight excluding hydrogens is 208 g/mol. The third kappa shape index (κ3) is 3.67. The fraction of sp³-hybridized carbons (Fsp3) is 0.556. The van der Waals surface area contributed by atoms with E-state index in [-0.39, 0.29) is 19.0 Å². The van der Waals surface area contributed by atoms with Gasteiger partial charge in [-0.1, -0.05) is 0 Å². The molecule has 0 bridgehead atoms. The molecule has 86 valence electrons. The molecule has 16 heavy (non-hydrogen) atoms. The summed E-state index contributed by atoms with van der Waals surface area (Å²) in [4.78, 5) is 11.1. The fourth-order valence-electron chi connectivity index (χ4n) is 1.17. The van der Waals surface area contributed by atoms with E-state index in [0.717, 1.165) is 12.4 Å². The number of aryl methyl sites for hydroxylation is 1.